The number of rotatable bonds is 2. The molecule has 0 spiro atoms. The van der Waals surface area contributed by atoms with Crippen LogP contribution < -0.4 is 5.32 Å². The maximum atomic E-state index is 3.31. The van der Waals surface area contributed by atoms with Gasteiger partial charge >= 0.3 is 0 Å². The van der Waals surface area contributed by atoms with Crippen LogP contribution in [0.2, 0.25) is 0 Å². The van der Waals surface area contributed by atoms with E-state index >= 15 is 0 Å². The molecule has 23 heavy (non-hydrogen) atoms. The van der Waals surface area contributed by atoms with Gasteiger partial charge in [-0.1, -0.05) is 63.6 Å². The van der Waals surface area contributed by atoms with Gasteiger partial charge in [-0.15, -0.1) is 0 Å². The summed E-state index contributed by atoms with van der Waals surface area (Å²) in [5, 5.41) is 3.31. The molecule has 1 nitrogen and oxygen atoms in total. The summed E-state index contributed by atoms with van der Waals surface area (Å²) >= 11 is 0. The largest absolute Gasteiger partial charge is 0.313 e. The fraction of sp³-hybridized carbons (Fsp3) is 0.333. The number of benzene rings is 2. The summed E-state index contributed by atoms with van der Waals surface area (Å²) in [5.74, 6) is 0. The molecule has 1 aliphatic rings. The Balaban J connectivity index is 0.000000388. The molecule has 2 aromatic rings. The minimum absolute atomic E-state index is 0. The standard InChI is InChI=1S/C11H13N.C8H9.C2H6.Y/c1-2-4-10(5-3-1)11-6-8-12-9-7-11;1-2-8-6-4-3-5-7-8;1-2;/h1-6,12H,7-9H2;4-7H,2H2,1H3;1-2H3;/q;-1;;. The molecule has 0 amide bonds. The van der Waals surface area contributed by atoms with Gasteiger partial charge in [0.15, 0.2) is 0 Å². The van der Waals surface area contributed by atoms with E-state index in [1.54, 1.807) is 0 Å². The Hall–Kier alpha value is -0.756. The molecule has 0 saturated carbocycles. The van der Waals surface area contributed by atoms with Crippen LogP contribution in [0.5, 0.6) is 0 Å². The molecule has 1 aliphatic heterocycles. The normalized spacial score (nSPS) is 12.4. The molecule has 2 aromatic carbocycles. The Kier molecular flexibility index (Phi) is 14.3. The van der Waals surface area contributed by atoms with E-state index in [4.69, 9.17) is 0 Å². The minimum Gasteiger partial charge on any atom is -0.313 e. The maximum Gasteiger partial charge on any atom is 0.0140 e. The smallest absolute Gasteiger partial charge is 0.0140 e. The van der Waals surface area contributed by atoms with Crippen LogP contribution in [-0.2, 0) is 39.1 Å². The molecule has 0 fully saturated rings. The van der Waals surface area contributed by atoms with Gasteiger partial charge in [0.2, 0.25) is 0 Å². The molecular weight excluding hydrogens is 355 g/mol. The summed E-state index contributed by atoms with van der Waals surface area (Å²) in [7, 11) is 0. The molecule has 1 radical (unpaired) electrons. The van der Waals surface area contributed by atoms with Crippen molar-refractivity contribution in [3.63, 3.8) is 0 Å². The van der Waals surface area contributed by atoms with E-state index in [0.717, 1.165) is 25.9 Å². The quantitative estimate of drug-likeness (QED) is 0.709. The third-order valence-corrected chi connectivity index (χ3v) is 3.40. The molecule has 0 saturated heterocycles. The number of hydrogen-bond donors (Lipinski definition) is 1. The average Bonchev–Trinajstić information content (AvgIpc) is 2.66. The van der Waals surface area contributed by atoms with Crippen LogP contribution in [-0.4, -0.2) is 13.1 Å². The predicted octanol–water partition coefficient (Wildman–Crippen LogP) is 5.14. The second-order valence-electron chi connectivity index (χ2n) is 4.81. The molecule has 1 N–H and O–H groups in total. The van der Waals surface area contributed by atoms with Crippen molar-refractivity contribution in [2.24, 2.45) is 0 Å². The predicted molar refractivity (Wildman–Crippen MR) is 97.9 cm³/mol. The van der Waals surface area contributed by atoms with Crippen molar-refractivity contribution in [3.8, 4) is 0 Å². The summed E-state index contributed by atoms with van der Waals surface area (Å²) in [6, 6.07) is 21.6. The van der Waals surface area contributed by atoms with Crippen LogP contribution in [0.25, 0.3) is 5.57 Å². The van der Waals surface area contributed by atoms with E-state index < -0.39 is 0 Å². The second kappa shape index (κ2) is 14.8. The first-order valence-corrected chi connectivity index (χ1v) is 8.30. The zero-order valence-corrected chi connectivity index (χ0v) is 17.5. The van der Waals surface area contributed by atoms with Gasteiger partial charge in [0.1, 0.15) is 0 Å². The number of hydrogen-bond acceptors (Lipinski definition) is 1. The maximum absolute atomic E-state index is 3.31. The van der Waals surface area contributed by atoms with E-state index in [-0.39, 0.29) is 32.7 Å². The summed E-state index contributed by atoms with van der Waals surface area (Å²) in [5.41, 5.74) is 4.23. The van der Waals surface area contributed by atoms with Gasteiger partial charge in [-0.25, -0.2) is 0 Å². The van der Waals surface area contributed by atoms with Crippen molar-refractivity contribution in [2.45, 2.75) is 33.6 Å². The Morgan fingerprint density at radius 2 is 1.65 bits per heavy atom. The molecule has 0 unspecified atom stereocenters. The van der Waals surface area contributed by atoms with Gasteiger partial charge in [0.05, 0.1) is 0 Å². The zero-order valence-electron chi connectivity index (χ0n) is 14.7. The van der Waals surface area contributed by atoms with Gasteiger partial charge in [-0.3, -0.25) is 0 Å². The molecule has 0 bridgehead atoms. The van der Waals surface area contributed by atoms with Crippen molar-refractivity contribution < 1.29 is 32.7 Å². The molecule has 0 aliphatic carbocycles. The topological polar surface area (TPSA) is 12.0 Å². The van der Waals surface area contributed by atoms with E-state index in [9.17, 15) is 0 Å². The van der Waals surface area contributed by atoms with Gasteiger partial charge in [0, 0.05) is 39.3 Å². The van der Waals surface area contributed by atoms with Crippen molar-refractivity contribution in [3.05, 3.63) is 77.9 Å². The number of nitrogens with one attached hydrogen (secondary N) is 1. The molecule has 0 aromatic heterocycles. The first-order valence-electron chi connectivity index (χ1n) is 8.30. The van der Waals surface area contributed by atoms with Crippen molar-refractivity contribution >= 4 is 5.57 Å². The van der Waals surface area contributed by atoms with Crippen LogP contribution in [0, 0.1) is 6.07 Å². The summed E-state index contributed by atoms with van der Waals surface area (Å²) in [6.45, 7) is 8.28. The van der Waals surface area contributed by atoms with E-state index in [0.29, 0.717) is 0 Å². The van der Waals surface area contributed by atoms with E-state index in [1.807, 2.05) is 26.0 Å². The Morgan fingerprint density at radius 3 is 2.13 bits per heavy atom. The molecule has 121 valence electrons. The van der Waals surface area contributed by atoms with Crippen LogP contribution in [0.1, 0.15) is 38.3 Å². The molecule has 3 rings (SSSR count). The monoisotopic (exact) mass is 383 g/mol. The summed E-state index contributed by atoms with van der Waals surface area (Å²) < 4.78 is 0. The zero-order chi connectivity index (χ0) is 16.0. The van der Waals surface area contributed by atoms with Crippen molar-refractivity contribution in [1.29, 1.82) is 0 Å². The Labute approximate surface area is 167 Å². The minimum atomic E-state index is 0. The molecule has 1 heterocycles. The second-order valence-corrected chi connectivity index (χ2v) is 4.81. The Morgan fingerprint density at radius 1 is 1.00 bits per heavy atom. The molecule has 2 heteroatoms. The first-order chi connectivity index (χ1) is 10.9. The summed E-state index contributed by atoms with van der Waals surface area (Å²) in [4.78, 5) is 0. The third kappa shape index (κ3) is 9.20. The van der Waals surface area contributed by atoms with Crippen molar-refractivity contribution in [2.75, 3.05) is 13.1 Å². The van der Waals surface area contributed by atoms with E-state index in [2.05, 4.69) is 66.8 Å². The fourth-order valence-electron chi connectivity index (χ4n) is 2.19. The van der Waals surface area contributed by atoms with Crippen molar-refractivity contribution in [1.82, 2.24) is 5.32 Å². The molecular formula is C21H28NY-. The third-order valence-electron chi connectivity index (χ3n) is 3.40. The summed E-state index contributed by atoms with van der Waals surface area (Å²) in [6.07, 6.45) is 4.55. The van der Waals surface area contributed by atoms with Crippen LogP contribution >= 0.6 is 0 Å². The van der Waals surface area contributed by atoms with Crippen LogP contribution in [0.15, 0.2) is 60.7 Å². The van der Waals surface area contributed by atoms with E-state index in [1.165, 1.54) is 16.7 Å². The number of aryl methyl sites for hydroxylation is 1. The SMILES string of the molecule is C1=C(c2ccccc2)CCNC1.CC.CCc1cc[c-]cc1.[Y]. The van der Waals surface area contributed by atoms with Gasteiger partial charge in [-0.2, -0.15) is 35.9 Å². The Bertz CT molecular complexity index is 520. The van der Waals surface area contributed by atoms with Gasteiger partial charge < -0.3 is 5.32 Å². The van der Waals surface area contributed by atoms with Gasteiger partial charge in [-0.05, 0) is 24.1 Å². The fourth-order valence-corrected chi connectivity index (χ4v) is 2.19. The first kappa shape index (κ1) is 22.2. The van der Waals surface area contributed by atoms with Gasteiger partial charge in [0.25, 0.3) is 0 Å². The molecule has 0 atom stereocenters. The van der Waals surface area contributed by atoms with Crippen LogP contribution in [0.3, 0.4) is 0 Å². The average molecular weight is 383 g/mol. The van der Waals surface area contributed by atoms with Crippen LogP contribution in [0.4, 0.5) is 0 Å².